The molecule has 26 heavy (non-hydrogen) atoms. The summed E-state index contributed by atoms with van der Waals surface area (Å²) in [4.78, 5) is 29.2. The molecule has 136 valence electrons. The number of nitrogens with one attached hydrogen (secondary N) is 1. The lowest BCUT2D eigenvalue weighted by Crippen LogP contribution is -2.52. The molecule has 2 unspecified atom stereocenters. The van der Waals surface area contributed by atoms with Gasteiger partial charge in [-0.05, 0) is 29.3 Å². The van der Waals surface area contributed by atoms with Gasteiger partial charge >= 0.3 is 0 Å². The van der Waals surface area contributed by atoms with Crippen LogP contribution in [0.5, 0.6) is 0 Å². The molecule has 0 aliphatic carbocycles. The van der Waals surface area contributed by atoms with Gasteiger partial charge in [-0.2, -0.15) is 0 Å². The molecule has 0 saturated carbocycles. The summed E-state index contributed by atoms with van der Waals surface area (Å²) >= 11 is 0. The topological polar surface area (TPSA) is 91.8 Å². The Morgan fingerprint density at radius 2 is 2.12 bits per heavy atom. The highest BCUT2D eigenvalue weighted by atomic mass is 16.5. The number of anilines is 1. The molecule has 2 atom stereocenters. The third kappa shape index (κ3) is 4.07. The van der Waals surface area contributed by atoms with Gasteiger partial charge in [0.15, 0.2) is 0 Å². The highest BCUT2D eigenvalue weighted by molar-refractivity contribution is 5.88. The van der Waals surface area contributed by atoms with Gasteiger partial charge in [0, 0.05) is 31.5 Å². The zero-order valence-corrected chi connectivity index (χ0v) is 14.5. The lowest BCUT2D eigenvalue weighted by atomic mass is 9.98. The van der Waals surface area contributed by atoms with Crippen molar-refractivity contribution in [2.45, 2.75) is 25.6 Å². The van der Waals surface area contributed by atoms with Gasteiger partial charge in [-0.1, -0.05) is 18.2 Å². The number of hydrogen-bond acceptors (Lipinski definition) is 5. The van der Waals surface area contributed by atoms with E-state index in [2.05, 4.69) is 10.3 Å². The predicted octanol–water partition coefficient (Wildman–Crippen LogP) is 1.50. The van der Waals surface area contributed by atoms with Crippen molar-refractivity contribution in [2.75, 3.05) is 18.5 Å². The van der Waals surface area contributed by atoms with Crippen molar-refractivity contribution in [2.24, 2.45) is 0 Å². The molecule has 0 radical (unpaired) electrons. The van der Waals surface area contributed by atoms with E-state index in [9.17, 15) is 14.7 Å². The number of ether oxygens (including phenoxy) is 1. The van der Waals surface area contributed by atoms with Crippen molar-refractivity contribution < 1.29 is 19.4 Å². The summed E-state index contributed by atoms with van der Waals surface area (Å²) in [6, 6.07) is 10.4. The molecule has 7 nitrogen and oxygen atoms in total. The number of pyridine rings is 1. The molecule has 1 aromatic carbocycles. The average molecular weight is 355 g/mol. The molecule has 3 rings (SSSR count). The van der Waals surface area contributed by atoms with Gasteiger partial charge in [-0.15, -0.1) is 0 Å². The summed E-state index contributed by atoms with van der Waals surface area (Å²) in [7, 11) is 0. The molecule has 1 aromatic heterocycles. The van der Waals surface area contributed by atoms with Crippen molar-refractivity contribution >= 4 is 17.5 Å². The van der Waals surface area contributed by atoms with Gasteiger partial charge in [0.05, 0.1) is 12.6 Å². The van der Waals surface area contributed by atoms with E-state index in [1.807, 2.05) is 24.3 Å². The van der Waals surface area contributed by atoms with Crippen LogP contribution in [0.15, 0.2) is 48.8 Å². The first-order valence-corrected chi connectivity index (χ1v) is 8.37. The van der Waals surface area contributed by atoms with Crippen molar-refractivity contribution in [3.63, 3.8) is 0 Å². The maximum absolute atomic E-state index is 12.3. The Kier molecular flexibility index (Phi) is 5.60. The quantitative estimate of drug-likeness (QED) is 0.848. The molecule has 2 amide bonds. The number of carbonyl (C=O) groups excluding carboxylic acids is 2. The highest BCUT2D eigenvalue weighted by Gasteiger charge is 2.37. The fourth-order valence-corrected chi connectivity index (χ4v) is 3.07. The monoisotopic (exact) mass is 355 g/mol. The molecule has 1 aliphatic heterocycles. The van der Waals surface area contributed by atoms with E-state index in [1.54, 1.807) is 29.4 Å². The Labute approximate surface area is 151 Å². The molecule has 0 bridgehead atoms. The van der Waals surface area contributed by atoms with E-state index < -0.39 is 12.1 Å². The Hall–Kier alpha value is -2.77. The number of aliphatic hydroxyl groups excluding tert-OH is 1. The van der Waals surface area contributed by atoms with Gasteiger partial charge in [0.2, 0.25) is 11.8 Å². The molecule has 2 heterocycles. The second-order valence-electron chi connectivity index (χ2n) is 6.17. The molecule has 1 fully saturated rings. The van der Waals surface area contributed by atoms with Crippen molar-refractivity contribution in [1.82, 2.24) is 9.88 Å². The number of amides is 2. The third-order valence-electron chi connectivity index (χ3n) is 4.28. The van der Waals surface area contributed by atoms with E-state index >= 15 is 0 Å². The molecule has 1 saturated heterocycles. The Morgan fingerprint density at radius 3 is 2.73 bits per heavy atom. The molecule has 2 aromatic rings. The minimum Gasteiger partial charge on any atom is -0.394 e. The first-order chi connectivity index (χ1) is 12.6. The van der Waals surface area contributed by atoms with Gasteiger partial charge in [0.25, 0.3) is 0 Å². The first-order valence-electron chi connectivity index (χ1n) is 8.37. The number of aromatic nitrogens is 1. The number of aliphatic hydroxyl groups is 1. The smallest absolute Gasteiger partial charge is 0.249 e. The molecule has 2 N–H and O–H groups in total. The summed E-state index contributed by atoms with van der Waals surface area (Å²) in [5.74, 6) is -0.313. The second kappa shape index (κ2) is 8.07. The summed E-state index contributed by atoms with van der Waals surface area (Å²) in [5.41, 5.74) is 2.41. The minimum atomic E-state index is -0.497. The van der Waals surface area contributed by atoms with E-state index in [0.29, 0.717) is 12.2 Å². The number of morpholine rings is 1. The maximum atomic E-state index is 12.3. The predicted molar refractivity (Wildman–Crippen MR) is 95.1 cm³/mol. The van der Waals surface area contributed by atoms with Crippen LogP contribution >= 0.6 is 0 Å². The van der Waals surface area contributed by atoms with Crippen LogP contribution in [0.25, 0.3) is 0 Å². The Balaban J connectivity index is 1.80. The van der Waals surface area contributed by atoms with Gasteiger partial charge < -0.3 is 20.1 Å². The lowest BCUT2D eigenvalue weighted by molar-refractivity contribution is -0.162. The molecule has 1 aliphatic rings. The number of carbonyl (C=O) groups is 2. The molecular formula is C19H21N3O4. The largest absolute Gasteiger partial charge is 0.394 e. The van der Waals surface area contributed by atoms with Crippen LogP contribution in [0.1, 0.15) is 24.2 Å². The number of rotatable bonds is 5. The van der Waals surface area contributed by atoms with Crippen LogP contribution in [0, 0.1) is 0 Å². The lowest BCUT2D eigenvalue weighted by Gasteiger charge is -2.40. The van der Waals surface area contributed by atoms with Crippen molar-refractivity contribution in [3.05, 3.63) is 59.9 Å². The van der Waals surface area contributed by atoms with Gasteiger partial charge in [0.1, 0.15) is 12.7 Å². The first kappa shape index (κ1) is 18.0. The zero-order chi connectivity index (χ0) is 18.5. The van der Waals surface area contributed by atoms with Crippen LogP contribution < -0.4 is 5.32 Å². The summed E-state index contributed by atoms with van der Waals surface area (Å²) < 4.78 is 5.71. The number of nitrogens with zero attached hydrogens (tertiary/aromatic N) is 2. The minimum absolute atomic E-state index is 0.0467. The maximum Gasteiger partial charge on any atom is 0.249 e. The molecule has 0 spiro atoms. The zero-order valence-electron chi connectivity index (χ0n) is 14.5. The number of hydrogen-bond donors (Lipinski definition) is 2. The molecule has 7 heteroatoms. The van der Waals surface area contributed by atoms with E-state index in [0.717, 1.165) is 11.1 Å². The summed E-state index contributed by atoms with van der Waals surface area (Å²) in [6.07, 6.45) is 2.93. The van der Waals surface area contributed by atoms with Crippen LogP contribution in [-0.4, -0.2) is 46.1 Å². The van der Waals surface area contributed by atoms with E-state index in [-0.39, 0.29) is 25.0 Å². The second-order valence-corrected chi connectivity index (χ2v) is 6.17. The Bertz CT molecular complexity index is 764. The standard InChI is InChI=1S/C19H21N3O4/c1-13(24)21-16-6-4-15(5-7-16)19-17(11-23)22(18(25)12-26-19)10-14-3-2-8-20-9-14/h2-9,17,19,23H,10-12H2,1H3,(H,21,24). The van der Waals surface area contributed by atoms with Gasteiger partial charge in [-0.25, -0.2) is 0 Å². The van der Waals surface area contributed by atoms with E-state index in [1.165, 1.54) is 6.92 Å². The molecular weight excluding hydrogens is 334 g/mol. The Morgan fingerprint density at radius 1 is 1.35 bits per heavy atom. The third-order valence-corrected chi connectivity index (χ3v) is 4.28. The average Bonchev–Trinajstić information content (AvgIpc) is 2.64. The van der Waals surface area contributed by atoms with Gasteiger partial charge in [-0.3, -0.25) is 14.6 Å². The number of benzene rings is 1. The van der Waals surface area contributed by atoms with E-state index in [4.69, 9.17) is 4.74 Å². The summed E-state index contributed by atoms with van der Waals surface area (Å²) in [6.45, 7) is 1.54. The van der Waals surface area contributed by atoms with Crippen LogP contribution in [0.4, 0.5) is 5.69 Å². The SMILES string of the molecule is CC(=O)Nc1ccc(C2OCC(=O)N(Cc3cccnc3)C2CO)cc1. The van der Waals surface area contributed by atoms with Crippen molar-refractivity contribution in [1.29, 1.82) is 0 Å². The van der Waals surface area contributed by atoms with Crippen LogP contribution in [0.3, 0.4) is 0 Å². The fourth-order valence-electron chi connectivity index (χ4n) is 3.07. The normalized spacial score (nSPS) is 20.1. The van der Waals surface area contributed by atoms with Crippen LogP contribution in [0.2, 0.25) is 0 Å². The highest BCUT2D eigenvalue weighted by Crippen LogP contribution is 2.30. The fraction of sp³-hybridized carbons (Fsp3) is 0.316. The summed E-state index contributed by atoms with van der Waals surface area (Å²) in [5, 5.41) is 12.6. The van der Waals surface area contributed by atoms with Crippen molar-refractivity contribution in [3.8, 4) is 0 Å². The van der Waals surface area contributed by atoms with Crippen LogP contribution in [-0.2, 0) is 20.9 Å².